The molecule has 2 rings (SSSR count). The molecule has 2 atom stereocenters. The van der Waals surface area contributed by atoms with Gasteiger partial charge in [-0.1, -0.05) is 30.3 Å². The Balaban J connectivity index is 0.00000312. The summed E-state index contributed by atoms with van der Waals surface area (Å²) in [6, 6.07) is 11.8. The van der Waals surface area contributed by atoms with Gasteiger partial charge in [0.15, 0.2) is 0 Å². The minimum atomic E-state index is -4.81. The fourth-order valence-corrected chi connectivity index (χ4v) is 2.36. The third-order valence-corrected chi connectivity index (χ3v) is 3.50. The van der Waals surface area contributed by atoms with Crippen molar-refractivity contribution < 1.29 is 27.8 Å². The summed E-state index contributed by atoms with van der Waals surface area (Å²) in [6.45, 7) is 0. The molecule has 0 fully saturated rings. The topological polar surface area (TPSA) is 64.7 Å². The molecule has 0 radical (unpaired) electrons. The van der Waals surface area contributed by atoms with Gasteiger partial charge < -0.3 is 20.3 Å². The number of rotatable bonds is 6. The summed E-state index contributed by atoms with van der Waals surface area (Å²) in [7, 11) is 1.37. The van der Waals surface area contributed by atoms with Crippen molar-refractivity contribution in [2.45, 2.75) is 24.9 Å². The lowest BCUT2D eigenvalue weighted by atomic mass is 9.96. The van der Waals surface area contributed by atoms with Crippen molar-refractivity contribution in [3.05, 3.63) is 59.7 Å². The van der Waals surface area contributed by atoms with E-state index in [1.54, 1.807) is 0 Å². The molecular formula is C17H19ClF3NO3. The first-order chi connectivity index (χ1) is 11.3. The van der Waals surface area contributed by atoms with E-state index in [4.69, 9.17) is 10.5 Å². The number of hydrogen-bond donors (Lipinski definition) is 2. The van der Waals surface area contributed by atoms with Crippen LogP contribution in [0.2, 0.25) is 0 Å². The molecule has 0 aromatic heterocycles. The lowest BCUT2D eigenvalue weighted by Gasteiger charge is -2.22. The van der Waals surface area contributed by atoms with Crippen molar-refractivity contribution in [3.63, 3.8) is 0 Å². The van der Waals surface area contributed by atoms with Crippen LogP contribution in [0.5, 0.6) is 11.5 Å². The fraction of sp³-hybridized carbons (Fsp3) is 0.294. The second-order valence-electron chi connectivity index (χ2n) is 5.23. The SMILES string of the molecule is COc1ccc(OC(F)(F)F)cc1[C@H](N)[C@H](O)Cc1ccccc1.Cl. The number of hydrogen-bond acceptors (Lipinski definition) is 4. The smallest absolute Gasteiger partial charge is 0.496 e. The van der Waals surface area contributed by atoms with Gasteiger partial charge in [-0.15, -0.1) is 25.6 Å². The van der Waals surface area contributed by atoms with Crippen LogP contribution in [0.4, 0.5) is 13.2 Å². The average molecular weight is 378 g/mol. The van der Waals surface area contributed by atoms with Crippen molar-refractivity contribution in [1.82, 2.24) is 0 Å². The third kappa shape index (κ3) is 6.12. The Morgan fingerprint density at radius 1 is 1.12 bits per heavy atom. The predicted molar refractivity (Wildman–Crippen MR) is 90.0 cm³/mol. The lowest BCUT2D eigenvalue weighted by molar-refractivity contribution is -0.274. The molecule has 4 nitrogen and oxygen atoms in total. The minimum Gasteiger partial charge on any atom is -0.496 e. The molecule has 2 aromatic rings. The third-order valence-electron chi connectivity index (χ3n) is 3.50. The van der Waals surface area contributed by atoms with Gasteiger partial charge in [0.2, 0.25) is 0 Å². The van der Waals surface area contributed by atoms with Crippen molar-refractivity contribution in [3.8, 4) is 11.5 Å². The number of nitrogens with two attached hydrogens (primary N) is 1. The molecule has 0 spiro atoms. The zero-order chi connectivity index (χ0) is 17.7. The highest BCUT2D eigenvalue weighted by Crippen LogP contribution is 2.33. The number of benzene rings is 2. The molecule has 0 saturated heterocycles. The molecule has 0 aliphatic rings. The summed E-state index contributed by atoms with van der Waals surface area (Å²) >= 11 is 0. The Morgan fingerprint density at radius 3 is 2.32 bits per heavy atom. The Kier molecular flexibility index (Phi) is 7.54. The van der Waals surface area contributed by atoms with E-state index in [1.807, 2.05) is 30.3 Å². The van der Waals surface area contributed by atoms with Gasteiger partial charge in [0.25, 0.3) is 0 Å². The van der Waals surface area contributed by atoms with Gasteiger partial charge in [-0.25, -0.2) is 0 Å². The van der Waals surface area contributed by atoms with E-state index in [0.717, 1.165) is 17.7 Å². The van der Waals surface area contributed by atoms with E-state index in [9.17, 15) is 18.3 Å². The Labute approximate surface area is 149 Å². The zero-order valence-corrected chi connectivity index (χ0v) is 14.2. The van der Waals surface area contributed by atoms with Gasteiger partial charge in [-0.2, -0.15) is 0 Å². The number of methoxy groups -OCH3 is 1. The molecule has 3 N–H and O–H groups in total. The lowest BCUT2D eigenvalue weighted by Crippen LogP contribution is -2.28. The largest absolute Gasteiger partial charge is 0.573 e. The molecule has 0 aliphatic heterocycles. The van der Waals surface area contributed by atoms with E-state index in [-0.39, 0.29) is 30.1 Å². The Hall–Kier alpha value is -1.96. The van der Waals surface area contributed by atoms with E-state index >= 15 is 0 Å². The second kappa shape index (κ2) is 8.94. The van der Waals surface area contributed by atoms with Crippen molar-refractivity contribution in [2.75, 3.05) is 7.11 Å². The first kappa shape index (κ1) is 21.1. The summed E-state index contributed by atoms with van der Waals surface area (Å²) < 4.78 is 46.1. The summed E-state index contributed by atoms with van der Waals surface area (Å²) in [4.78, 5) is 0. The number of ether oxygens (including phenoxy) is 2. The number of halogens is 4. The van der Waals surface area contributed by atoms with Gasteiger partial charge >= 0.3 is 6.36 Å². The van der Waals surface area contributed by atoms with E-state index in [1.165, 1.54) is 13.2 Å². The van der Waals surface area contributed by atoms with Crippen LogP contribution in [0.3, 0.4) is 0 Å². The highest BCUT2D eigenvalue weighted by atomic mass is 35.5. The van der Waals surface area contributed by atoms with Crippen LogP contribution in [0.1, 0.15) is 17.2 Å². The minimum absolute atomic E-state index is 0. The summed E-state index contributed by atoms with van der Waals surface area (Å²) in [6.07, 6.45) is -5.55. The highest BCUT2D eigenvalue weighted by Gasteiger charge is 2.32. The maximum absolute atomic E-state index is 12.4. The molecule has 138 valence electrons. The Bertz CT molecular complexity index is 668. The van der Waals surface area contributed by atoms with E-state index in [0.29, 0.717) is 0 Å². The number of aliphatic hydroxyl groups excluding tert-OH is 1. The van der Waals surface area contributed by atoms with Crippen molar-refractivity contribution >= 4 is 12.4 Å². The first-order valence-corrected chi connectivity index (χ1v) is 7.21. The molecular weight excluding hydrogens is 359 g/mol. The van der Waals surface area contributed by atoms with Gasteiger partial charge in [0.05, 0.1) is 19.3 Å². The highest BCUT2D eigenvalue weighted by molar-refractivity contribution is 5.85. The maximum atomic E-state index is 12.4. The van der Waals surface area contributed by atoms with Crippen molar-refractivity contribution in [2.24, 2.45) is 5.73 Å². The van der Waals surface area contributed by atoms with Crippen LogP contribution in [0.25, 0.3) is 0 Å². The van der Waals surface area contributed by atoms with Crippen LogP contribution in [-0.4, -0.2) is 24.7 Å². The summed E-state index contributed by atoms with van der Waals surface area (Å²) in [5.41, 5.74) is 7.13. The fourth-order valence-electron chi connectivity index (χ4n) is 2.36. The molecule has 0 bridgehead atoms. The normalized spacial score (nSPS) is 13.5. The van der Waals surface area contributed by atoms with Crippen LogP contribution in [0.15, 0.2) is 48.5 Å². The second-order valence-corrected chi connectivity index (χ2v) is 5.23. The van der Waals surface area contributed by atoms with Crippen LogP contribution in [0, 0.1) is 0 Å². The monoisotopic (exact) mass is 377 g/mol. The van der Waals surface area contributed by atoms with Crippen LogP contribution >= 0.6 is 12.4 Å². The summed E-state index contributed by atoms with van der Waals surface area (Å²) in [5.74, 6) is -0.134. The average Bonchev–Trinajstić information content (AvgIpc) is 2.53. The predicted octanol–water partition coefficient (Wildman–Crippen LogP) is 3.62. The standard InChI is InChI=1S/C17H18F3NO3.ClH/c1-23-15-8-7-12(24-17(18,19)20)10-13(15)16(21)14(22)9-11-5-3-2-4-6-11;/h2-8,10,14,16,22H,9,21H2,1H3;1H/t14-,16+;/m1./s1. The molecule has 0 unspecified atom stereocenters. The van der Waals surface area contributed by atoms with Gasteiger partial charge in [0, 0.05) is 12.0 Å². The molecule has 25 heavy (non-hydrogen) atoms. The quantitative estimate of drug-likeness (QED) is 0.807. The van der Waals surface area contributed by atoms with Gasteiger partial charge in [-0.3, -0.25) is 0 Å². The molecule has 8 heteroatoms. The molecule has 0 aliphatic carbocycles. The molecule has 0 heterocycles. The van der Waals surface area contributed by atoms with Crippen molar-refractivity contribution in [1.29, 1.82) is 0 Å². The first-order valence-electron chi connectivity index (χ1n) is 7.21. The maximum Gasteiger partial charge on any atom is 0.573 e. The van der Waals surface area contributed by atoms with Crippen LogP contribution < -0.4 is 15.2 Å². The van der Waals surface area contributed by atoms with Crippen LogP contribution in [-0.2, 0) is 6.42 Å². The molecule has 0 saturated carbocycles. The molecule has 0 amide bonds. The summed E-state index contributed by atoms with van der Waals surface area (Å²) in [5, 5.41) is 10.3. The van der Waals surface area contributed by atoms with Gasteiger partial charge in [-0.05, 0) is 23.8 Å². The number of alkyl halides is 3. The molecule has 2 aromatic carbocycles. The Morgan fingerprint density at radius 2 is 1.76 bits per heavy atom. The zero-order valence-electron chi connectivity index (χ0n) is 13.4. The van der Waals surface area contributed by atoms with E-state index < -0.39 is 24.3 Å². The van der Waals surface area contributed by atoms with Gasteiger partial charge in [0.1, 0.15) is 11.5 Å². The van der Waals surface area contributed by atoms with E-state index in [2.05, 4.69) is 4.74 Å². The number of aliphatic hydroxyl groups is 1.